The largest absolute Gasteiger partial charge is 0.310 e. The SMILES string of the molecule is CC1(C)c2ccccc2N(c2ccc3c4ccc(-c5ccc(-n6c7ccccc7c7ccccc76)cc5)cc4c4ccccc4c3c2)c2ccccc21. The van der Waals surface area contributed by atoms with Crippen molar-refractivity contribution in [1.82, 2.24) is 4.57 Å². The van der Waals surface area contributed by atoms with Crippen LogP contribution in [0.4, 0.5) is 17.1 Å². The van der Waals surface area contributed by atoms with E-state index in [0.29, 0.717) is 0 Å². The molecular formula is C51H36N2. The molecule has 0 bridgehead atoms. The number of hydrogen-bond donors (Lipinski definition) is 0. The molecule has 1 aromatic heterocycles. The first kappa shape index (κ1) is 30.0. The second-order valence-electron chi connectivity index (χ2n) is 14.9. The van der Waals surface area contributed by atoms with E-state index in [0.717, 1.165) is 0 Å². The lowest BCUT2D eigenvalue weighted by Crippen LogP contribution is -2.30. The van der Waals surface area contributed by atoms with Crippen molar-refractivity contribution in [1.29, 1.82) is 0 Å². The van der Waals surface area contributed by atoms with Crippen molar-refractivity contribution in [2.45, 2.75) is 19.3 Å². The molecule has 0 unspecified atom stereocenters. The summed E-state index contributed by atoms with van der Waals surface area (Å²) in [6, 6.07) is 67.2. The zero-order valence-corrected chi connectivity index (χ0v) is 29.7. The lowest BCUT2D eigenvalue weighted by Gasteiger charge is -2.42. The zero-order chi connectivity index (χ0) is 35.3. The Balaban J connectivity index is 1.05. The van der Waals surface area contributed by atoms with Gasteiger partial charge in [-0.05, 0) is 109 Å². The normalized spacial score (nSPS) is 13.6. The van der Waals surface area contributed by atoms with Crippen LogP contribution < -0.4 is 4.90 Å². The van der Waals surface area contributed by atoms with Crippen LogP contribution in [0.3, 0.4) is 0 Å². The standard InChI is InChI=1S/C51H36N2/c1-51(2)45-17-7-11-21-49(45)53(50-22-12-8-18-46(50)51)36-28-30-40-39-29-25-34(31-43(39)37-13-3-4-14-38(37)44(40)32-36)33-23-26-35(27-24-33)52-47-19-9-5-15-41(47)42-16-6-10-20-48(42)52/h3-32H,1-2H3. The highest BCUT2D eigenvalue weighted by Gasteiger charge is 2.36. The molecule has 2 heterocycles. The maximum atomic E-state index is 2.46. The Hall–Kier alpha value is -6.64. The maximum absolute atomic E-state index is 2.46. The average molecular weight is 677 g/mol. The van der Waals surface area contributed by atoms with Gasteiger partial charge in [0.05, 0.1) is 22.4 Å². The topological polar surface area (TPSA) is 8.17 Å². The minimum Gasteiger partial charge on any atom is -0.310 e. The summed E-state index contributed by atoms with van der Waals surface area (Å²) >= 11 is 0. The molecule has 0 spiro atoms. The predicted molar refractivity (Wildman–Crippen MR) is 226 cm³/mol. The van der Waals surface area contributed by atoms with Crippen LogP contribution in [0.2, 0.25) is 0 Å². The fraction of sp³-hybridized carbons (Fsp3) is 0.0588. The first-order valence-electron chi connectivity index (χ1n) is 18.5. The molecule has 0 saturated heterocycles. The number of anilines is 3. The lowest BCUT2D eigenvalue weighted by molar-refractivity contribution is 0.632. The van der Waals surface area contributed by atoms with Crippen LogP contribution in [0, 0.1) is 0 Å². The number of para-hydroxylation sites is 4. The van der Waals surface area contributed by atoms with Gasteiger partial charge in [0.15, 0.2) is 0 Å². The fourth-order valence-electron chi connectivity index (χ4n) is 9.21. The predicted octanol–water partition coefficient (Wildman–Crippen LogP) is 14.0. The smallest absolute Gasteiger partial charge is 0.0541 e. The molecule has 9 aromatic carbocycles. The van der Waals surface area contributed by atoms with E-state index < -0.39 is 0 Å². The molecule has 0 saturated carbocycles. The summed E-state index contributed by atoms with van der Waals surface area (Å²) in [5.41, 5.74) is 12.3. The summed E-state index contributed by atoms with van der Waals surface area (Å²) in [5.74, 6) is 0. The van der Waals surface area contributed by atoms with Gasteiger partial charge in [0.2, 0.25) is 0 Å². The van der Waals surface area contributed by atoms with Gasteiger partial charge in [-0.2, -0.15) is 0 Å². The molecule has 11 rings (SSSR count). The van der Waals surface area contributed by atoms with Crippen LogP contribution in [0.25, 0.3) is 70.9 Å². The summed E-state index contributed by atoms with van der Waals surface area (Å²) in [6.45, 7) is 4.69. The van der Waals surface area contributed by atoms with Crippen LogP contribution in [0.5, 0.6) is 0 Å². The molecule has 0 N–H and O–H groups in total. The van der Waals surface area contributed by atoms with E-state index in [-0.39, 0.29) is 5.41 Å². The van der Waals surface area contributed by atoms with Crippen molar-refractivity contribution >= 4 is 71.2 Å². The Morgan fingerprint density at radius 3 is 1.38 bits per heavy atom. The quantitative estimate of drug-likeness (QED) is 0.169. The molecule has 10 aromatic rings. The number of nitrogens with zero attached hydrogens (tertiary/aromatic N) is 2. The van der Waals surface area contributed by atoms with E-state index in [1.165, 1.54) is 99.1 Å². The minimum absolute atomic E-state index is 0.0908. The Morgan fingerprint density at radius 1 is 0.340 bits per heavy atom. The van der Waals surface area contributed by atoms with Crippen molar-refractivity contribution in [3.63, 3.8) is 0 Å². The van der Waals surface area contributed by atoms with Crippen LogP contribution in [-0.2, 0) is 5.41 Å². The van der Waals surface area contributed by atoms with Gasteiger partial charge in [-0.15, -0.1) is 0 Å². The molecule has 2 heteroatoms. The molecule has 0 amide bonds. The minimum atomic E-state index is -0.0908. The lowest BCUT2D eigenvalue weighted by atomic mass is 9.73. The first-order valence-corrected chi connectivity index (χ1v) is 18.5. The third-order valence-corrected chi connectivity index (χ3v) is 11.8. The number of aromatic nitrogens is 1. The molecule has 0 aliphatic carbocycles. The van der Waals surface area contributed by atoms with Crippen LogP contribution >= 0.6 is 0 Å². The highest BCUT2D eigenvalue weighted by atomic mass is 15.2. The Kier molecular flexibility index (Phi) is 6.33. The second-order valence-corrected chi connectivity index (χ2v) is 14.9. The second kappa shape index (κ2) is 11.2. The third-order valence-electron chi connectivity index (χ3n) is 11.8. The molecule has 53 heavy (non-hydrogen) atoms. The number of fused-ring (bicyclic) bond motifs is 11. The summed E-state index contributed by atoms with van der Waals surface area (Å²) in [6.07, 6.45) is 0. The summed E-state index contributed by atoms with van der Waals surface area (Å²) in [4.78, 5) is 2.46. The van der Waals surface area contributed by atoms with Crippen molar-refractivity contribution in [3.8, 4) is 16.8 Å². The number of hydrogen-bond acceptors (Lipinski definition) is 1. The zero-order valence-electron chi connectivity index (χ0n) is 29.7. The van der Waals surface area contributed by atoms with Gasteiger partial charge in [0.1, 0.15) is 0 Å². The fourth-order valence-corrected chi connectivity index (χ4v) is 9.21. The Labute approximate surface area is 308 Å². The van der Waals surface area contributed by atoms with Crippen molar-refractivity contribution in [2.75, 3.05) is 4.90 Å². The third kappa shape index (κ3) is 4.33. The van der Waals surface area contributed by atoms with Crippen molar-refractivity contribution < 1.29 is 0 Å². The highest BCUT2D eigenvalue weighted by Crippen LogP contribution is 2.52. The van der Waals surface area contributed by atoms with Gasteiger partial charge in [-0.25, -0.2) is 0 Å². The van der Waals surface area contributed by atoms with E-state index >= 15 is 0 Å². The summed E-state index contributed by atoms with van der Waals surface area (Å²) in [5, 5.41) is 10.2. The molecule has 2 nitrogen and oxygen atoms in total. The first-order chi connectivity index (χ1) is 26.1. The van der Waals surface area contributed by atoms with Crippen molar-refractivity contribution in [2.24, 2.45) is 0 Å². The summed E-state index contributed by atoms with van der Waals surface area (Å²) in [7, 11) is 0. The van der Waals surface area contributed by atoms with Gasteiger partial charge < -0.3 is 9.47 Å². The average Bonchev–Trinajstić information content (AvgIpc) is 3.55. The van der Waals surface area contributed by atoms with Gasteiger partial charge in [0, 0.05) is 27.6 Å². The number of rotatable bonds is 3. The molecule has 1 aliphatic heterocycles. The van der Waals surface area contributed by atoms with E-state index in [2.05, 4.69) is 205 Å². The van der Waals surface area contributed by atoms with E-state index in [1.807, 2.05) is 0 Å². The van der Waals surface area contributed by atoms with Gasteiger partial charge in [-0.3, -0.25) is 0 Å². The molecule has 0 atom stereocenters. The molecule has 250 valence electrons. The Morgan fingerprint density at radius 2 is 0.774 bits per heavy atom. The highest BCUT2D eigenvalue weighted by molar-refractivity contribution is 6.26. The van der Waals surface area contributed by atoms with Gasteiger partial charge in [0.25, 0.3) is 0 Å². The van der Waals surface area contributed by atoms with E-state index in [1.54, 1.807) is 0 Å². The Bertz CT molecular complexity index is 2970. The van der Waals surface area contributed by atoms with Crippen LogP contribution in [-0.4, -0.2) is 4.57 Å². The summed E-state index contributed by atoms with van der Waals surface area (Å²) < 4.78 is 2.38. The van der Waals surface area contributed by atoms with Crippen LogP contribution in [0.1, 0.15) is 25.0 Å². The monoisotopic (exact) mass is 676 g/mol. The van der Waals surface area contributed by atoms with E-state index in [9.17, 15) is 0 Å². The molecule has 1 aliphatic rings. The maximum Gasteiger partial charge on any atom is 0.0541 e. The van der Waals surface area contributed by atoms with Gasteiger partial charge >= 0.3 is 0 Å². The molecular weight excluding hydrogens is 641 g/mol. The van der Waals surface area contributed by atoms with E-state index in [4.69, 9.17) is 0 Å². The van der Waals surface area contributed by atoms with Gasteiger partial charge in [-0.1, -0.05) is 141 Å². The van der Waals surface area contributed by atoms with Crippen LogP contribution in [0.15, 0.2) is 182 Å². The molecule has 0 fully saturated rings. The number of benzene rings is 9. The molecule has 0 radical (unpaired) electrons. The van der Waals surface area contributed by atoms with Crippen molar-refractivity contribution in [3.05, 3.63) is 193 Å².